The highest BCUT2D eigenvalue weighted by Gasteiger charge is 2.33. The van der Waals surface area contributed by atoms with Crippen LogP contribution in [0.5, 0.6) is 11.5 Å². The highest BCUT2D eigenvalue weighted by molar-refractivity contribution is 9.10. The Hall–Kier alpha value is -0.980. The smallest absolute Gasteiger partial charge is 0.492 e. The number of halogens is 5. The largest absolute Gasteiger partial charge is 0.573 e. The molecule has 0 N–H and O–H groups in total. The Bertz CT molecular complexity index is 364. The van der Waals surface area contributed by atoms with Crippen LogP contribution >= 0.6 is 15.9 Å². The zero-order valence-corrected chi connectivity index (χ0v) is 8.95. The average Bonchev–Trinajstić information content (AvgIpc) is 2.09. The molecular weight excluding hydrogens is 284 g/mol. The summed E-state index contributed by atoms with van der Waals surface area (Å²) in [7, 11) is 1.14. The van der Waals surface area contributed by atoms with Gasteiger partial charge >= 0.3 is 6.36 Å². The minimum atomic E-state index is -4.93. The summed E-state index contributed by atoms with van der Waals surface area (Å²) in [5.74, 6) is -2.47. The van der Waals surface area contributed by atoms with Crippen molar-refractivity contribution in [1.29, 1.82) is 0 Å². The summed E-state index contributed by atoms with van der Waals surface area (Å²) in [6.45, 7) is 0. The van der Waals surface area contributed by atoms with Crippen molar-refractivity contribution in [2.75, 3.05) is 7.11 Å². The van der Waals surface area contributed by atoms with Crippen LogP contribution in [0.1, 0.15) is 0 Å². The summed E-state index contributed by atoms with van der Waals surface area (Å²) < 4.78 is 57.0. The van der Waals surface area contributed by atoms with E-state index >= 15 is 0 Å². The maximum Gasteiger partial charge on any atom is 0.573 e. The molecule has 0 aliphatic carbocycles. The van der Waals surface area contributed by atoms with Gasteiger partial charge in [0.25, 0.3) is 0 Å². The lowest BCUT2D eigenvalue weighted by Crippen LogP contribution is -2.18. The SMILES string of the molecule is COc1c(Br)ccc(OC(F)(F)F)c1F. The molecule has 1 aromatic carbocycles. The Kier molecular flexibility index (Phi) is 3.43. The van der Waals surface area contributed by atoms with E-state index in [4.69, 9.17) is 0 Å². The molecule has 0 saturated heterocycles. The molecule has 0 amide bonds. The third-order valence-electron chi connectivity index (χ3n) is 1.44. The summed E-state index contributed by atoms with van der Waals surface area (Å²) in [6, 6.07) is 2.05. The van der Waals surface area contributed by atoms with Crippen LogP contribution in [0.25, 0.3) is 0 Å². The summed E-state index contributed by atoms with van der Waals surface area (Å²) >= 11 is 2.92. The first kappa shape index (κ1) is 12.1. The van der Waals surface area contributed by atoms with Gasteiger partial charge in [0.1, 0.15) is 0 Å². The molecule has 0 atom stereocenters. The lowest BCUT2D eigenvalue weighted by molar-refractivity contribution is -0.275. The van der Waals surface area contributed by atoms with Crippen molar-refractivity contribution in [3.05, 3.63) is 22.4 Å². The molecule has 0 aromatic heterocycles. The lowest BCUT2D eigenvalue weighted by atomic mass is 10.3. The van der Waals surface area contributed by atoms with Crippen LogP contribution in [0.2, 0.25) is 0 Å². The fraction of sp³-hybridized carbons (Fsp3) is 0.250. The summed E-state index contributed by atoms with van der Waals surface area (Å²) in [5, 5.41) is 0. The summed E-state index contributed by atoms with van der Waals surface area (Å²) in [6.07, 6.45) is -4.93. The molecule has 7 heteroatoms. The van der Waals surface area contributed by atoms with Crippen molar-refractivity contribution in [1.82, 2.24) is 0 Å². The highest BCUT2D eigenvalue weighted by atomic mass is 79.9. The highest BCUT2D eigenvalue weighted by Crippen LogP contribution is 2.36. The predicted octanol–water partition coefficient (Wildman–Crippen LogP) is 3.50. The zero-order valence-electron chi connectivity index (χ0n) is 7.36. The van der Waals surface area contributed by atoms with Crippen molar-refractivity contribution < 1.29 is 27.0 Å². The van der Waals surface area contributed by atoms with Gasteiger partial charge in [-0.2, -0.15) is 4.39 Å². The maximum atomic E-state index is 13.3. The molecule has 0 unspecified atom stereocenters. The molecule has 0 radical (unpaired) electrons. The summed E-state index contributed by atoms with van der Waals surface area (Å²) in [5.41, 5.74) is 0. The molecule has 0 bridgehead atoms. The van der Waals surface area contributed by atoms with Crippen LogP contribution in [0.3, 0.4) is 0 Å². The van der Waals surface area contributed by atoms with E-state index in [-0.39, 0.29) is 10.2 Å². The molecule has 2 nitrogen and oxygen atoms in total. The van der Waals surface area contributed by atoms with Crippen LogP contribution in [-0.2, 0) is 0 Å². The molecule has 1 aromatic rings. The topological polar surface area (TPSA) is 18.5 Å². The number of benzene rings is 1. The van der Waals surface area contributed by atoms with E-state index < -0.39 is 17.9 Å². The minimum Gasteiger partial charge on any atom is -0.492 e. The Balaban J connectivity index is 3.11. The predicted molar refractivity (Wildman–Crippen MR) is 47.3 cm³/mol. The molecule has 0 heterocycles. The van der Waals surface area contributed by atoms with Crippen LogP contribution in [-0.4, -0.2) is 13.5 Å². The van der Waals surface area contributed by atoms with Gasteiger partial charge in [0.2, 0.25) is 5.82 Å². The van der Waals surface area contributed by atoms with Crippen molar-refractivity contribution in [2.45, 2.75) is 6.36 Å². The quantitative estimate of drug-likeness (QED) is 0.776. The number of hydrogen-bond donors (Lipinski definition) is 0. The van der Waals surface area contributed by atoms with Crippen LogP contribution in [0.4, 0.5) is 17.6 Å². The second kappa shape index (κ2) is 4.26. The second-order valence-corrected chi connectivity index (χ2v) is 3.29. The zero-order chi connectivity index (χ0) is 11.6. The fourth-order valence-corrected chi connectivity index (χ4v) is 1.37. The summed E-state index contributed by atoms with van der Waals surface area (Å²) in [4.78, 5) is 0. The normalized spacial score (nSPS) is 11.3. The number of rotatable bonds is 2. The van der Waals surface area contributed by atoms with Crippen LogP contribution in [0, 0.1) is 5.82 Å². The monoisotopic (exact) mass is 288 g/mol. The standard InChI is InChI=1S/C8H5BrF4O2/c1-14-7-4(9)2-3-5(6(7)10)15-8(11,12)13/h2-3H,1H3. The number of alkyl halides is 3. The van der Waals surface area contributed by atoms with E-state index in [1.165, 1.54) is 6.07 Å². The molecule has 0 saturated carbocycles. The first-order chi connectivity index (χ1) is 6.85. The van der Waals surface area contributed by atoms with E-state index in [1.54, 1.807) is 0 Å². The third-order valence-corrected chi connectivity index (χ3v) is 2.07. The van der Waals surface area contributed by atoms with Gasteiger partial charge in [-0.25, -0.2) is 0 Å². The number of ether oxygens (including phenoxy) is 2. The Morgan fingerprint density at radius 2 is 1.87 bits per heavy atom. The van der Waals surface area contributed by atoms with Crippen LogP contribution in [0.15, 0.2) is 16.6 Å². The number of methoxy groups -OCH3 is 1. The van der Waals surface area contributed by atoms with E-state index in [9.17, 15) is 17.6 Å². The number of hydrogen-bond acceptors (Lipinski definition) is 2. The Labute approximate surface area is 90.9 Å². The van der Waals surface area contributed by atoms with Gasteiger partial charge in [-0.3, -0.25) is 0 Å². The lowest BCUT2D eigenvalue weighted by Gasteiger charge is -2.12. The molecule has 15 heavy (non-hydrogen) atoms. The first-order valence-corrected chi connectivity index (χ1v) is 4.42. The molecule has 84 valence electrons. The van der Waals surface area contributed by atoms with E-state index in [2.05, 4.69) is 25.4 Å². The van der Waals surface area contributed by atoms with Gasteiger partial charge in [-0.1, -0.05) is 0 Å². The van der Waals surface area contributed by atoms with E-state index in [1.807, 2.05) is 0 Å². The Morgan fingerprint density at radius 3 is 2.33 bits per heavy atom. The van der Waals surface area contributed by atoms with Gasteiger partial charge < -0.3 is 9.47 Å². The van der Waals surface area contributed by atoms with Crippen molar-refractivity contribution in [2.24, 2.45) is 0 Å². The van der Waals surface area contributed by atoms with Crippen molar-refractivity contribution in [3.8, 4) is 11.5 Å². The molecular formula is C8H5BrF4O2. The maximum absolute atomic E-state index is 13.3. The molecule has 1 rings (SSSR count). The molecule has 0 spiro atoms. The average molecular weight is 289 g/mol. The minimum absolute atomic E-state index is 0.206. The van der Waals surface area contributed by atoms with Crippen molar-refractivity contribution in [3.63, 3.8) is 0 Å². The van der Waals surface area contributed by atoms with E-state index in [0.29, 0.717) is 0 Å². The molecule has 0 aliphatic heterocycles. The Morgan fingerprint density at radius 1 is 1.27 bits per heavy atom. The van der Waals surface area contributed by atoms with E-state index in [0.717, 1.165) is 13.2 Å². The molecule has 0 aliphatic rings. The van der Waals surface area contributed by atoms with Gasteiger partial charge in [-0.05, 0) is 28.1 Å². The third kappa shape index (κ3) is 2.98. The van der Waals surface area contributed by atoms with Gasteiger partial charge in [0, 0.05) is 0 Å². The van der Waals surface area contributed by atoms with Gasteiger partial charge in [-0.15, -0.1) is 13.2 Å². The molecule has 0 fully saturated rings. The van der Waals surface area contributed by atoms with Crippen LogP contribution < -0.4 is 9.47 Å². The van der Waals surface area contributed by atoms with Gasteiger partial charge in [0.05, 0.1) is 11.6 Å². The van der Waals surface area contributed by atoms with Crippen molar-refractivity contribution >= 4 is 15.9 Å². The first-order valence-electron chi connectivity index (χ1n) is 3.63. The van der Waals surface area contributed by atoms with Gasteiger partial charge in [0.15, 0.2) is 11.5 Å². The second-order valence-electron chi connectivity index (χ2n) is 2.44. The fourth-order valence-electron chi connectivity index (χ4n) is 0.905.